The molecule has 1 unspecified atom stereocenters. The highest BCUT2D eigenvalue weighted by molar-refractivity contribution is 6.30. The maximum atomic E-state index is 14.1. The largest absolute Gasteiger partial charge is 0.481 e. The highest BCUT2D eigenvalue weighted by atomic mass is 35.5. The molecule has 1 saturated heterocycles. The Morgan fingerprint density at radius 1 is 1.09 bits per heavy atom. The van der Waals surface area contributed by atoms with Crippen molar-refractivity contribution < 1.29 is 14.7 Å². The van der Waals surface area contributed by atoms with Crippen LogP contribution in [0.25, 0.3) is 0 Å². The molecule has 0 bridgehead atoms. The molecule has 0 spiro atoms. The van der Waals surface area contributed by atoms with E-state index in [0.29, 0.717) is 16.5 Å². The van der Waals surface area contributed by atoms with Crippen LogP contribution in [0, 0.1) is 5.41 Å². The molecule has 3 aromatic rings. The Morgan fingerprint density at radius 3 is 2.44 bits per heavy atom. The zero-order chi connectivity index (χ0) is 24.5. The van der Waals surface area contributed by atoms with E-state index < -0.39 is 11.4 Å². The number of aromatic nitrogens is 1. The van der Waals surface area contributed by atoms with Crippen molar-refractivity contribution in [2.75, 3.05) is 0 Å². The number of benzene rings is 2. The van der Waals surface area contributed by atoms with Gasteiger partial charge in [-0.2, -0.15) is 0 Å². The molecule has 4 atom stereocenters. The first-order valence-electron chi connectivity index (χ1n) is 11.2. The van der Waals surface area contributed by atoms with Crippen molar-refractivity contribution in [1.29, 1.82) is 0 Å². The molecule has 0 aliphatic carbocycles. The van der Waals surface area contributed by atoms with Crippen LogP contribution in [0.3, 0.4) is 0 Å². The first-order valence-corrected chi connectivity index (χ1v) is 11.9. The number of hydrogen-bond acceptors (Lipinski definition) is 3. The van der Waals surface area contributed by atoms with Crippen molar-refractivity contribution in [2.45, 2.75) is 44.7 Å². The van der Waals surface area contributed by atoms with Crippen LogP contribution in [-0.4, -0.2) is 26.9 Å². The molecule has 34 heavy (non-hydrogen) atoms. The number of amides is 1. The fourth-order valence-corrected chi connectivity index (χ4v) is 5.40. The number of rotatable bonds is 6. The van der Waals surface area contributed by atoms with E-state index in [0.717, 1.165) is 16.8 Å². The Kier molecular flexibility index (Phi) is 6.96. The molecule has 0 saturated carbocycles. The maximum absolute atomic E-state index is 14.1. The summed E-state index contributed by atoms with van der Waals surface area (Å²) in [4.78, 5) is 32.2. The lowest BCUT2D eigenvalue weighted by Crippen LogP contribution is -2.53. The van der Waals surface area contributed by atoms with E-state index in [2.05, 4.69) is 4.98 Å². The average Bonchev–Trinajstić information content (AvgIpc) is 2.81. The second kappa shape index (κ2) is 9.77. The van der Waals surface area contributed by atoms with Crippen LogP contribution in [0.2, 0.25) is 10.0 Å². The van der Waals surface area contributed by atoms with Crippen LogP contribution in [0.5, 0.6) is 0 Å². The number of carbonyl (C=O) groups excluding carboxylic acids is 1. The molecule has 1 aliphatic heterocycles. The number of carboxylic acid groups (broad SMARTS) is 1. The summed E-state index contributed by atoms with van der Waals surface area (Å²) in [6, 6.07) is 19.9. The van der Waals surface area contributed by atoms with Gasteiger partial charge in [0, 0.05) is 22.2 Å². The summed E-state index contributed by atoms with van der Waals surface area (Å²) in [6.45, 7) is 3.68. The third-order valence-corrected chi connectivity index (χ3v) is 7.15. The number of aliphatic carboxylic acids is 1. The van der Waals surface area contributed by atoms with E-state index in [-0.39, 0.29) is 30.3 Å². The predicted molar refractivity (Wildman–Crippen MR) is 133 cm³/mol. The molecule has 1 aromatic heterocycles. The van der Waals surface area contributed by atoms with Crippen LogP contribution in [0.4, 0.5) is 0 Å². The summed E-state index contributed by atoms with van der Waals surface area (Å²) in [5, 5.41) is 10.9. The summed E-state index contributed by atoms with van der Waals surface area (Å²) >= 11 is 12.5. The van der Waals surface area contributed by atoms with Crippen LogP contribution in [-0.2, 0) is 9.59 Å². The van der Waals surface area contributed by atoms with Crippen molar-refractivity contribution in [3.8, 4) is 0 Å². The summed E-state index contributed by atoms with van der Waals surface area (Å²) in [5.41, 5.74) is 1.52. The molecular weight excluding hydrogens is 471 g/mol. The number of likely N-dealkylation sites (tertiary alicyclic amines) is 1. The van der Waals surface area contributed by atoms with E-state index >= 15 is 0 Å². The lowest BCUT2D eigenvalue weighted by atomic mass is 9.67. The zero-order valence-electron chi connectivity index (χ0n) is 19.0. The highest BCUT2D eigenvalue weighted by Crippen LogP contribution is 2.53. The van der Waals surface area contributed by atoms with Gasteiger partial charge in [-0.25, -0.2) is 0 Å². The molecule has 2 aromatic carbocycles. The van der Waals surface area contributed by atoms with Crippen LogP contribution >= 0.6 is 23.2 Å². The Balaban J connectivity index is 1.92. The monoisotopic (exact) mass is 496 g/mol. The SMILES string of the molecule is C[C@H](c1ccccn1)N1C(=O)[C@@](C)(CC(=O)O)C[C@H](c2cccc(Cl)c2)C1c1ccc(Cl)cc1. The van der Waals surface area contributed by atoms with Crippen molar-refractivity contribution in [1.82, 2.24) is 9.88 Å². The summed E-state index contributed by atoms with van der Waals surface area (Å²) in [6.07, 6.45) is 1.81. The first-order chi connectivity index (χ1) is 16.2. The Morgan fingerprint density at radius 2 is 1.82 bits per heavy atom. The minimum atomic E-state index is -1.09. The van der Waals surface area contributed by atoms with Gasteiger partial charge in [0.1, 0.15) is 0 Å². The van der Waals surface area contributed by atoms with Gasteiger partial charge in [-0.3, -0.25) is 14.6 Å². The predicted octanol–water partition coefficient (Wildman–Crippen LogP) is 6.69. The molecule has 5 nitrogen and oxygen atoms in total. The molecule has 176 valence electrons. The van der Waals surface area contributed by atoms with E-state index in [1.165, 1.54) is 0 Å². The van der Waals surface area contributed by atoms with Gasteiger partial charge < -0.3 is 10.0 Å². The van der Waals surface area contributed by atoms with Gasteiger partial charge in [0.25, 0.3) is 0 Å². The topological polar surface area (TPSA) is 70.5 Å². The van der Waals surface area contributed by atoms with Gasteiger partial charge in [0.05, 0.1) is 29.6 Å². The normalized spacial score (nSPS) is 23.5. The van der Waals surface area contributed by atoms with Gasteiger partial charge in [0.15, 0.2) is 0 Å². The summed E-state index contributed by atoms with van der Waals surface area (Å²) in [5.74, 6) is -1.39. The average molecular weight is 497 g/mol. The van der Waals surface area contributed by atoms with Gasteiger partial charge in [-0.05, 0) is 60.9 Å². The van der Waals surface area contributed by atoms with Crippen LogP contribution in [0.15, 0.2) is 72.9 Å². The van der Waals surface area contributed by atoms with Gasteiger partial charge in [-0.1, -0.05) is 60.5 Å². The van der Waals surface area contributed by atoms with E-state index in [1.807, 2.05) is 72.5 Å². The Bertz CT molecular complexity index is 1190. The second-order valence-corrected chi connectivity index (χ2v) is 10.0. The number of pyridine rings is 1. The molecule has 1 N–H and O–H groups in total. The van der Waals surface area contributed by atoms with Crippen molar-refractivity contribution >= 4 is 35.1 Å². The van der Waals surface area contributed by atoms with Crippen molar-refractivity contribution in [3.05, 3.63) is 99.8 Å². The number of halogens is 2. The van der Waals surface area contributed by atoms with Gasteiger partial charge >= 0.3 is 5.97 Å². The number of carbonyl (C=O) groups is 2. The van der Waals surface area contributed by atoms with E-state index in [4.69, 9.17) is 23.2 Å². The first kappa shape index (κ1) is 24.2. The third kappa shape index (κ3) is 4.82. The van der Waals surface area contributed by atoms with Crippen LogP contribution < -0.4 is 0 Å². The van der Waals surface area contributed by atoms with Crippen molar-refractivity contribution in [2.24, 2.45) is 5.41 Å². The third-order valence-electron chi connectivity index (χ3n) is 6.66. The van der Waals surface area contributed by atoms with E-state index in [1.54, 1.807) is 19.2 Å². The van der Waals surface area contributed by atoms with E-state index in [9.17, 15) is 14.7 Å². The fraction of sp³-hybridized carbons (Fsp3) is 0.296. The lowest BCUT2D eigenvalue weighted by Gasteiger charge is -2.51. The number of piperidine rings is 1. The Hall–Kier alpha value is -2.89. The standard InChI is InChI=1S/C27H26Cl2N2O3/c1-17(23-8-3-4-13-30-23)31-25(18-9-11-20(28)12-10-18)22(19-6-5-7-21(29)14-19)15-27(2,26(31)34)16-24(32)33/h3-14,17,22,25H,15-16H2,1-2H3,(H,32,33)/t17-,22-,25?,27-/m1/s1. The van der Waals surface area contributed by atoms with Crippen molar-refractivity contribution in [3.63, 3.8) is 0 Å². The number of carboxylic acids is 1. The lowest BCUT2D eigenvalue weighted by molar-refractivity contribution is -0.160. The quantitative estimate of drug-likeness (QED) is 0.412. The Labute approximate surface area is 209 Å². The number of nitrogens with zero attached hydrogens (tertiary/aromatic N) is 2. The minimum absolute atomic E-state index is 0.187. The molecule has 7 heteroatoms. The summed E-state index contributed by atoms with van der Waals surface area (Å²) in [7, 11) is 0. The molecule has 4 rings (SSSR count). The molecule has 1 amide bonds. The summed E-state index contributed by atoms with van der Waals surface area (Å²) < 4.78 is 0. The number of hydrogen-bond donors (Lipinski definition) is 1. The molecule has 0 radical (unpaired) electrons. The molecule has 2 heterocycles. The minimum Gasteiger partial charge on any atom is -0.481 e. The molecular formula is C27H26Cl2N2O3. The fourth-order valence-electron chi connectivity index (χ4n) is 5.07. The highest BCUT2D eigenvalue weighted by Gasteiger charge is 2.52. The van der Waals surface area contributed by atoms with Crippen LogP contribution in [0.1, 0.15) is 61.5 Å². The zero-order valence-corrected chi connectivity index (χ0v) is 20.5. The van der Waals surface area contributed by atoms with Gasteiger partial charge in [-0.15, -0.1) is 0 Å². The van der Waals surface area contributed by atoms with Gasteiger partial charge in [0.2, 0.25) is 5.91 Å². The second-order valence-electron chi connectivity index (χ2n) is 9.14. The smallest absolute Gasteiger partial charge is 0.304 e. The molecule has 1 aliphatic rings. The maximum Gasteiger partial charge on any atom is 0.304 e. The molecule has 1 fully saturated rings.